The van der Waals surface area contributed by atoms with Gasteiger partial charge in [-0.15, -0.1) is 0 Å². The lowest BCUT2D eigenvalue weighted by Crippen LogP contribution is -2.23. The van der Waals surface area contributed by atoms with Gasteiger partial charge in [-0.25, -0.2) is 8.42 Å². The monoisotopic (exact) mass is 370 g/mol. The molecule has 0 unspecified atom stereocenters. The second-order valence-electron chi connectivity index (χ2n) is 4.61. The summed E-state index contributed by atoms with van der Waals surface area (Å²) in [5, 5.41) is 11.1. The van der Waals surface area contributed by atoms with Crippen LogP contribution in [0.2, 0.25) is 5.02 Å². The molecule has 0 aromatic heterocycles. The van der Waals surface area contributed by atoms with E-state index in [-0.39, 0.29) is 32.7 Å². The van der Waals surface area contributed by atoms with Gasteiger partial charge in [-0.1, -0.05) is 23.7 Å². The Bertz CT molecular complexity index is 882. The van der Waals surface area contributed by atoms with Gasteiger partial charge in [-0.2, -0.15) is 0 Å². The zero-order valence-electron chi connectivity index (χ0n) is 12.7. The first-order valence-corrected chi connectivity index (χ1v) is 8.40. The van der Waals surface area contributed by atoms with Crippen LogP contribution in [0.4, 0.5) is 5.69 Å². The summed E-state index contributed by atoms with van der Waals surface area (Å²) in [6.07, 6.45) is 0. The molecule has 0 aliphatic rings. The largest absolute Gasteiger partial charge is 0.545 e. The SMILES string of the molecule is COc1cc(NS(=O)(=O)c2cccc(C(=O)[O-])c2)c(OC)cc1Cl. The Labute approximate surface area is 143 Å². The number of halogens is 1. The Morgan fingerprint density at radius 2 is 1.79 bits per heavy atom. The molecule has 128 valence electrons. The van der Waals surface area contributed by atoms with Crippen molar-refractivity contribution >= 4 is 33.3 Å². The predicted molar refractivity (Wildman–Crippen MR) is 86.1 cm³/mol. The number of benzene rings is 2. The molecule has 2 aromatic rings. The molecule has 0 saturated heterocycles. The summed E-state index contributed by atoms with van der Waals surface area (Å²) in [7, 11) is -1.32. The van der Waals surface area contributed by atoms with Crippen molar-refractivity contribution in [3.05, 3.63) is 47.0 Å². The number of anilines is 1. The molecule has 0 heterocycles. The number of hydrogen-bond acceptors (Lipinski definition) is 6. The van der Waals surface area contributed by atoms with Gasteiger partial charge in [0.25, 0.3) is 10.0 Å². The molecule has 0 atom stereocenters. The van der Waals surface area contributed by atoms with Crippen molar-refractivity contribution in [2.75, 3.05) is 18.9 Å². The maximum absolute atomic E-state index is 12.5. The molecule has 24 heavy (non-hydrogen) atoms. The molecule has 0 spiro atoms. The Morgan fingerprint density at radius 3 is 2.38 bits per heavy atom. The minimum atomic E-state index is -4.06. The second-order valence-corrected chi connectivity index (χ2v) is 6.70. The number of nitrogens with one attached hydrogen (secondary N) is 1. The molecule has 0 aliphatic heterocycles. The van der Waals surface area contributed by atoms with Crippen LogP contribution in [-0.2, 0) is 10.0 Å². The summed E-state index contributed by atoms with van der Waals surface area (Å²) in [5.74, 6) is -1.04. The third-order valence-electron chi connectivity index (χ3n) is 3.10. The van der Waals surface area contributed by atoms with Crippen molar-refractivity contribution in [3.63, 3.8) is 0 Å². The molecule has 9 heteroatoms. The van der Waals surface area contributed by atoms with E-state index in [1.165, 1.54) is 44.6 Å². The normalized spacial score (nSPS) is 11.0. The van der Waals surface area contributed by atoms with E-state index in [4.69, 9.17) is 21.1 Å². The van der Waals surface area contributed by atoms with E-state index in [0.29, 0.717) is 0 Å². The van der Waals surface area contributed by atoms with E-state index in [1.54, 1.807) is 0 Å². The van der Waals surface area contributed by atoms with Gasteiger partial charge in [0, 0.05) is 12.1 Å². The Kier molecular flexibility index (Phi) is 5.20. The van der Waals surface area contributed by atoms with Crippen molar-refractivity contribution in [2.45, 2.75) is 4.90 Å². The van der Waals surface area contributed by atoms with Crippen molar-refractivity contribution in [1.82, 2.24) is 0 Å². The number of aromatic carboxylic acids is 1. The molecular weight excluding hydrogens is 358 g/mol. The van der Waals surface area contributed by atoms with Gasteiger partial charge >= 0.3 is 0 Å². The summed E-state index contributed by atoms with van der Waals surface area (Å²) < 4.78 is 37.4. The van der Waals surface area contributed by atoms with Gasteiger partial charge in [0.2, 0.25) is 0 Å². The van der Waals surface area contributed by atoms with Crippen LogP contribution < -0.4 is 19.3 Å². The Balaban J connectivity index is 2.46. The number of ether oxygens (including phenoxy) is 2. The van der Waals surface area contributed by atoms with Crippen LogP contribution in [0, 0.1) is 0 Å². The van der Waals surface area contributed by atoms with Crippen LogP contribution in [0.3, 0.4) is 0 Å². The highest BCUT2D eigenvalue weighted by atomic mass is 35.5. The maximum atomic E-state index is 12.5. The maximum Gasteiger partial charge on any atom is 0.262 e. The lowest BCUT2D eigenvalue weighted by molar-refractivity contribution is -0.255. The van der Waals surface area contributed by atoms with Crippen LogP contribution in [0.25, 0.3) is 0 Å². The number of hydrogen-bond donors (Lipinski definition) is 1. The molecule has 0 aliphatic carbocycles. The summed E-state index contributed by atoms with van der Waals surface area (Å²) in [6, 6.07) is 7.56. The quantitative estimate of drug-likeness (QED) is 0.826. The van der Waals surface area contributed by atoms with Crippen molar-refractivity contribution in [3.8, 4) is 11.5 Å². The average molecular weight is 371 g/mol. The smallest absolute Gasteiger partial charge is 0.262 e. The van der Waals surface area contributed by atoms with Gasteiger partial charge < -0.3 is 19.4 Å². The van der Waals surface area contributed by atoms with Crippen LogP contribution in [0.5, 0.6) is 11.5 Å². The van der Waals surface area contributed by atoms with Crippen molar-refractivity contribution in [2.24, 2.45) is 0 Å². The molecule has 0 amide bonds. The van der Waals surface area contributed by atoms with Gasteiger partial charge in [0.15, 0.2) is 0 Å². The highest BCUT2D eigenvalue weighted by Crippen LogP contribution is 2.36. The zero-order valence-corrected chi connectivity index (χ0v) is 14.3. The summed E-state index contributed by atoms with van der Waals surface area (Å²) in [6.45, 7) is 0. The third kappa shape index (κ3) is 3.72. The molecule has 0 bridgehead atoms. The number of methoxy groups -OCH3 is 2. The number of rotatable bonds is 6. The first-order valence-electron chi connectivity index (χ1n) is 6.54. The Hall–Kier alpha value is -2.45. The van der Waals surface area contributed by atoms with E-state index in [0.717, 1.165) is 6.07 Å². The molecule has 2 rings (SSSR count). The van der Waals surface area contributed by atoms with Crippen LogP contribution >= 0.6 is 11.6 Å². The topological polar surface area (TPSA) is 105 Å². The summed E-state index contributed by atoms with van der Waals surface area (Å²) in [5.41, 5.74) is -0.156. The average Bonchev–Trinajstić information content (AvgIpc) is 2.55. The summed E-state index contributed by atoms with van der Waals surface area (Å²) >= 11 is 5.97. The number of carboxylic acid groups (broad SMARTS) is 1. The number of carbonyl (C=O) groups is 1. The van der Waals surface area contributed by atoms with Crippen molar-refractivity contribution < 1.29 is 27.8 Å². The molecule has 2 aromatic carbocycles. The molecule has 1 N–H and O–H groups in total. The lowest BCUT2D eigenvalue weighted by atomic mass is 10.2. The first kappa shape index (κ1) is 17.9. The van der Waals surface area contributed by atoms with Crippen LogP contribution in [0.1, 0.15) is 10.4 Å². The molecule has 0 saturated carbocycles. The summed E-state index contributed by atoms with van der Waals surface area (Å²) in [4.78, 5) is 10.6. The minimum absolute atomic E-state index is 0.0950. The van der Waals surface area contributed by atoms with E-state index < -0.39 is 16.0 Å². The number of carbonyl (C=O) groups excluding carboxylic acids is 1. The third-order valence-corrected chi connectivity index (χ3v) is 4.76. The number of sulfonamides is 1. The van der Waals surface area contributed by atoms with Crippen molar-refractivity contribution in [1.29, 1.82) is 0 Å². The highest BCUT2D eigenvalue weighted by Gasteiger charge is 2.19. The molecule has 0 fully saturated rings. The second kappa shape index (κ2) is 6.98. The van der Waals surface area contributed by atoms with Crippen LogP contribution in [0.15, 0.2) is 41.3 Å². The Morgan fingerprint density at radius 1 is 1.12 bits per heavy atom. The minimum Gasteiger partial charge on any atom is -0.545 e. The fourth-order valence-corrected chi connectivity index (χ4v) is 3.27. The van der Waals surface area contributed by atoms with Gasteiger partial charge in [0.05, 0.1) is 35.8 Å². The molecule has 7 nitrogen and oxygen atoms in total. The fraction of sp³-hybridized carbons (Fsp3) is 0.133. The molecule has 0 radical (unpaired) electrons. The van der Waals surface area contributed by atoms with Gasteiger partial charge in [-0.05, 0) is 17.7 Å². The van der Waals surface area contributed by atoms with Gasteiger partial charge in [-0.3, -0.25) is 4.72 Å². The fourth-order valence-electron chi connectivity index (χ4n) is 1.93. The van der Waals surface area contributed by atoms with E-state index in [1.807, 2.05) is 0 Å². The van der Waals surface area contributed by atoms with Gasteiger partial charge in [0.1, 0.15) is 11.5 Å². The first-order chi connectivity index (χ1) is 11.3. The zero-order chi connectivity index (χ0) is 17.9. The standard InChI is InChI=1S/C15H14ClNO6S/c1-22-13-8-12(14(23-2)7-11(13)16)17-24(20,21)10-5-3-4-9(6-10)15(18)19/h3-8,17H,1-2H3,(H,18,19)/p-1. The van der Waals surface area contributed by atoms with E-state index in [9.17, 15) is 18.3 Å². The lowest BCUT2D eigenvalue weighted by Gasteiger charge is -2.14. The van der Waals surface area contributed by atoms with Crippen LogP contribution in [-0.4, -0.2) is 28.6 Å². The predicted octanol–water partition coefficient (Wildman–Crippen LogP) is 1.52. The van der Waals surface area contributed by atoms with E-state index in [2.05, 4.69) is 4.72 Å². The highest BCUT2D eigenvalue weighted by molar-refractivity contribution is 7.92. The van der Waals surface area contributed by atoms with E-state index >= 15 is 0 Å². The molecular formula is C15H13ClNO6S-. The number of carboxylic acids is 1.